The number of hydrogen-bond donors (Lipinski definition) is 1. The molecule has 2 saturated heterocycles. The number of nitrogens with one attached hydrogen (secondary N) is 1. The molecule has 10 heteroatoms. The molecule has 0 saturated carbocycles. The molecule has 3 heterocycles. The number of carbonyl (C=O) groups excluding carboxylic acids is 1. The first-order valence-corrected chi connectivity index (χ1v) is 9.21. The van der Waals surface area contributed by atoms with Gasteiger partial charge in [0.25, 0.3) is 5.88 Å². The molecule has 1 N–H and O–H groups in total. The number of aryl methyl sites for hydroxylation is 1. The lowest BCUT2D eigenvalue weighted by molar-refractivity contribution is -0.137. The Labute approximate surface area is 171 Å². The molecule has 158 valence electrons. The monoisotopic (exact) mass is 419 g/mol. The number of aromatic nitrogens is 2. The predicted octanol–water partition coefficient (Wildman–Crippen LogP) is 2.08. The van der Waals surface area contributed by atoms with Crippen molar-refractivity contribution in [1.82, 2.24) is 20.2 Å². The lowest BCUT2D eigenvalue weighted by Crippen LogP contribution is -2.60. The van der Waals surface area contributed by atoms with Crippen LogP contribution in [-0.4, -0.2) is 48.0 Å². The molecule has 4 rings (SSSR count). The molecule has 0 bridgehead atoms. The van der Waals surface area contributed by atoms with Crippen LogP contribution in [0.25, 0.3) is 0 Å². The van der Waals surface area contributed by atoms with Gasteiger partial charge in [-0.3, -0.25) is 4.79 Å². The number of hydrogen-bond acceptors (Lipinski definition) is 6. The Hall–Kier alpha value is -3.30. The van der Waals surface area contributed by atoms with Crippen molar-refractivity contribution in [1.29, 1.82) is 0 Å². The third-order valence-electron chi connectivity index (χ3n) is 5.70. The smallest absolute Gasteiger partial charge is 0.255 e. The van der Waals surface area contributed by atoms with Crippen LogP contribution in [0.1, 0.15) is 11.3 Å². The van der Waals surface area contributed by atoms with Crippen molar-refractivity contribution in [3.05, 3.63) is 59.3 Å². The Kier molecular flexibility index (Phi) is 4.59. The van der Waals surface area contributed by atoms with E-state index in [1.807, 2.05) is 0 Å². The molecule has 1 amide bonds. The third-order valence-corrected chi connectivity index (χ3v) is 5.70. The van der Waals surface area contributed by atoms with Gasteiger partial charge in [-0.05, 0) is 13.0 Å². The molecular weight excluding hydrogens is 399 g/mol. The van der Waals surface area contributed by atoms with Crippen LogP contribution in [0, 0.1) is 30.3 Å². The summed E-state index contributed by atoms with van der Waals surface area (Å²) in [4.78, 5) is 24.4. The van der Waals surface area contributed by atoms with Crippen LogP contribution in [0.4, 0.5) is 19.1 Å². The summed E-state index contributed by atoms with van der Waals surface area (Å²) in [5, 5.41) is 3.15. The summed E-state index contributed by atoms with van der Waals surface area (Å²) in [6.07, 6.45) is 0. The molecule has 2 atom stereocenters. The Balaban J connectivity index is 1.84. The van der Waals surface area contributed by atoms with E-state index in [9.17, 15) is 18.0 Å². The van der Waals surface area contributed by atoms with Crippen molar-refractivity contribution in [3.63, 3.8) is 0 Å². The second-order valence-electron chi connectivity index (χ2n) is 7.43. The SMILES string of the molecule is C=C1N[C@@]2(c3ccc(F)cc3F)CN(c3nc(C)c(F)c(OC)n3)C[C@H]2C(=O)N1C. The highest BCUT2D eigenvalue weighted by Crippen LogP contribution is 2.44. The van der Waals surface area contributed by atoms with Gasteiger partial charge < -0.3 is 19.9 Å². The Morgan fingerprint density at radius 2 is 2.03 bits per heavy atom. The number of amides is 1. The molecule has 1 aromatic heterocycles. The molecule has 0 unspecified atom stereocenters. The first-order valence-electron chi connectivity index (χ1n) is 9.21. The fraction of sp³-hybridized carbons (Fsp3) is 0.350. The maximum absolute atomic E-state index is 14.8. The minimum Gasteiger partial charge on any atom is -0.479 e. The Morgan fingerprint density at radius 3 is 2.70 bits per heavy atom. The number of benzene rings is 1. The summed E-state index contributed by atoms with van der Waals surface area (Å²) in [6, 6.07) is 3.23. The van der Waals surface area contributed by atoms with Crippen LogP contribution >= 0.6 is 0 Å². The van der Waals surface area contributed by atoms with Gasteiger partial charge in [0.1, 0.15) is 17.5 Å². The number of methoxy groups -OCH3 is 1. The summed E-state index contributed by atoms with van der Waals surface area (Å²) in [5.74, 6) is -3.01. The lowest BCUT2D eigenvalue weighted by atomic mass is 9.78. The average Bonchev–Trinajstić information content (AvgIpc) is 3.08. The molecule has 0 aliphatic carbocycles. The zero-order chi connectivity index (χ0) is 21.8. The standard InChI is InChI=1S/C20H20F3N5O2/c1-10-16(23)17(30-4)25-19(24-10)28-8-14-18(29)27(3)11(2)26-20(14,9-28)13-6-5-12(21)7-15(13)22/h5-7,14,26H,2,8-9H2,1,3-4H3/t14-,20+/m0/s1. The Bertz CT molecular complexity index is 1060. The molecule has 0 spiro atoms. The topological polar surface area (TPSA) is 70.6 Å². The van der Waals surface area contributed by atoms with Crippen LogP contribution in [0.15, 0.2) is 30.6 Å². The summed E-state index contributed by atoms with van der Waals surface area (Å²) in [6.45, 7) is 5.54. The fourth-order valence-corrected chi connectivity index (χ4v) is 4.11. The number of fused-ring (bicyclic) bond motifs is 1. The molecule has 30 heavy (non-hydrogen) atoms. The third kappa shape index (κ3) is 2.86. The number of ether oxygens (including phenoxy) is 1. The van der Waals surface area contributed by atoms with Gasteiger partial charge in [-0.25, -0.2) is 13.8 Å². The van der Waals surface area contributed by atoms with Crippen LogP contribution in [-0.2, 0) is 10.3 Å². The second kappa shape index (κ2) is 6.89. The zero-order valence-electron chi connectivity index (χ0n) is 16.7. The molecule has 2 aromatic rings. The van der Waals surface area contributed by atoms with Crippen molar-refractivity contribution in [3.8, 4) is 5.88 Å². The highest BCUT2D eigenvalue weighted by molar-refractivity contribution is 5.85. The van der Waals surface area contributed by atoms with Crippen LogP contribution < -0.4 is 15.0 Å². The van der Waals surface area contributed by atoms with Gasteiger partial charge in [0.05, 0.1) is 24.3 Å². The van der Waals surface area contributed by atoms with Crippen LogP contribution in [0.3, 0.4) is 0 Å². The first kappa shape index (κ1) is 20.0. The molecule has 2 fully saturated rings. The van der Waals surface area contributed by atoms with Crippen LogP contribution in [0.2, 0.25) is 0 Å². The van der Waals surface area contributed by atoms with Gasteiger partial charge in [-0.2, -0.15) is 9.37 Å². The highest BCUT2D eigenvalue weighted by atomic mass is 19.1. The quantitative estimate of drug-likeness (QED) is 0.822. The van der Waals surface area contributed by atoms with E-state index in [0.29, 0.717) is 0 Å². The van der Waals surface area contributed by atoms with E-state index in [4.69, 9.17) is 4.74 Å². The zero-order valence-corrected chi connectivity index (χ0v) is 16.7. The van der Waals surface area contributed by atoms with E-state index in [1.165, 1.54) is 25.0 Å². The largest absolute Gasteiger partial charge is 0.479 e. The van der Waals surface area contributed by atoms with Gasteiger partial charge in [0, 0.05) is 31.8 Å². The first-order chi connectivity index (χ1) is 14.2. The van der Waals surface area contributed by atoms with Gasteiger partial charge in [-0.1, -0.05) is 12.6 Å². The summed E-state index contributed by atoms with van der Waals surface area (Å²) in [7, 11) is 2.85. The van der Waals surface area contributed by atoms with E-state index in [1.54, 1.807) is 11.9 Å². The number of halogens is 3. The van der Waals surface area contributed by atoms with Crippen LogP contribution in [0.5, 0.6) is 5.88 Å². The van der Waals surface area contributed by atoms with E-state index in [-0.39, 0.29) is 47.9 Å². The minimum atomic E-state index is -1.22. The second-order valence-corrected chi connectivity index (χ2v) is 7.43. The number of rotatable bonds is 3. The average molecular weight is 419 g/mol. The van der Waals surface area contributed by atoms with Crippen molar-refractivity contribution >= 4 is 11.9 Å². The summed E-state index contributed by atoms with van der Waals surface area (Å²) >= 11 is 0. The van der Waals surface area contributed by atoms with E-state index in [0.717, 1.165) is 12.1 Å². The number of nitrogens with zero attached hydrogens (tertiary/aromatic N) is 4. The van der Waals surface area contributed by atoms with Crippen molar-refractivity contribution < 1.29 is 22.7 Å². The normalized spacial score (nSPS) is 23.5. The molecule has 7 nitrogen and oxygen atoms in total. The van der Waals surface area contributed by atoms with Gasteiger partial charge in [0.15, 0.2) is 0 Å². The summed E-state index contributed by atoms with van der Waals surface area (Å²) < 4.78 is 47.5. The molecule has 2 aliphatic rings. The van der Waals surface area contributed by atoms with Crippen molar-refractivity contribution in [2.24, 2.45) is 5.92 Å². The van der Waals surface area contributed by atoms with E-state index >= 15 is 0 Å². The number of anilines is 1. The minimum absolute atomic E-state index is 0.0764. The lowest BCUT2D eigenvalue weighted by Gasteiger charge is -2.44. The van der Waals surface area contributed by atoms with Gasteiger partial charge >= 0.3 is 0 Å². The fourth-order valence-electron chi connectivity index (χ4n) is 4.11. The Morgan fingerprint density at radius 1 is 1.30 bits per heavy atom. The predicted molar refractivity (Wildman–Crippen MR) is 102 cm³/mol. The summed E-state index contributed by atoms with van der Waals surface area (Å²) in [5.41, 5.74) is -1.02. The van der Waals surface area contributed by atoms with Crippen molar-refractivity contribution in [2.75, 3.05) is 32.1 Å². The van der Waals surface area contributed by atoms with Gasteiger partial charge in [-0.15, -0.1) is 0 Å². The van der Waals surface area contributed by atoms with E-state index < -0.39 is 28.9 Å². The molecule has 1 aromatic carbocycles. The number of carbonyl (C=O) groups is 1. The molecular formula is C20H20F3N5O2. The van der Waals surface area contributed by atoms with E-state index in [2.05, 4.69) is 21.9 Å². The maximum Gasteiger partial charge on any atom is 0.255 e. The molecule has 0 radical (unpaired) electrons. The maximum atomic E-state index is 14.8. The van der Waals surface area contributed by atoms with Crippen molar-refractivity contribution in [2.45, 2.75) is 12.5 Å². The van der Waals surface area contributed by atoms with Gasteiger partial charge in [0.2, 0.25) is 17.7 Å². The highest BCUT2D eigenvalue weighted by Gasteiger charge is 2.57. The molecule has 2 aliphatic heterocycles.